The number of rotatable bonds is 8. The molecular weight excluding hydrogens is 418 g/mol. The Kier molecular flexibility index (Phi) is 6.75. The fourth-order valence-corrected chi connectivity index (χ4v) is 5.12. The first-order chi connectivity index (χ1) is 14.0. The number of amides is 2. The van der Waals surface area contributed by atoms with E-state index in [0.29, 0.717) is 27.8 Å². The maximum atomic E-state index is 13.2. The molecule has 0 atom stereocenters. The van der Waals surface area contributed by atoms with E-state index in [1.165, 1.54) is 37.3 Å². The van der Waals surface area contributed by atoms with Gasteiger partial charge in [-0.3, -0.25) is 9.36 Å². The van der Waals surface area contributed by atoms with Gasteiger partial charge in [0, 0.05) is 24.5 Å². The molecule has 1 aromatic carbocycles. The second-order valence-electron chi connectivity index (χ2n) is 5.93. The molecule has 0 aliphatic carbocycles. The summed E-state index contributed by atoms with van der Waals surface area (Å²) in [5.41, 5.74) is 0.926. The van der Waals surface area contributed by atoms with Crippen LogP contribution < -0.4 is 20.3 Å². The number of ether oxygens (including phenoxy) is 2. The molecule has 3 N–H and O–H groups in total. The van der Waals surface area contributed by atoms with Crippen molar-refractivity contribution in [3.63, 3.8) is 0 Å². The van der Waals surface area contributed by atoms with Crippen molar-refractivity contribution in [3.8, 4) is 27.8 Å². The van der Waals surface area contributed by atoms with Crippen LogP contribution in [-0.4, -0.2) is 66.2 Å². The molecule has 0 saturated carbocycles. The molecule has 156 valence electrons. The van der Waals surface area contributed by atoms with Crippen LogP contribution in [0.25, 0.3) is 16.3 Å². The minimum atomic E-state index is -0.565. The Balaban J connectivity index is 2.05. The van der Waals surface area contributed by atoms with Gasteiger partial charge in [-0.2, -0.15) is 0 Å². The first-order valence-electron chi connectivity index (χ1n) is 8.68. The molecule has 2 aliphatic rings. The lowest BCUT2D eigenvalue weighted by molar-refractivity contribution is 0.167. The predicted molar refractivity (Wildman–Crippen MR) is 112 cm³/mol. The zero-order chi connectivity index (χ0) is 21.0. The number of carbonyl (C=O) groups is 1. The average molecular weight is 440 g/mol. The highest BCUT2D eigenvalue weighted by Crippen LogP contribution is 2.40. The molecule has 0 unspecified atom stereocenters. The van der Waals surface area contributed by atoms with Gasteiger partial charge in [0.15, 0.2) is 0 Å². The summed E-state index contributed by atoms with van der Waals surface area (Å²) in [5, 5.41) is 22.7. The van der Waals surface area contributed by atoms with Gasteiger partial charge in [-0.05, 0) is 12.1 Å². The third-order valence-corrected chi connectivity index (χ3v) is 6.37. The number of aromatic nitrogens is 1. The number of fused-ring (bicyclic) bond motifs is 1. The monoisotopic (exact) mass is 439 g/mol. The van der Waals surface area contributed by atoms with Crippen molar-refractivity contribution in [2.45, 2.75) is 0 Å². The minimum Gasteiger partial charge on any atom is -0.497 e. The molecule has 2 heterocycles. The predicted octanol–water partition coefficient (Wildman–Crippen LogP) is 1.90. The molecular formula is C18H21N3O6S2. The minimum absolute atomic E-state index is 0.0454. The lowest BCUT2D eigenvalue weighted by Crippen LogP contribution is -2.39. The van der Waals surface area contributed by atoms with Crippen LogP contribution in [0.3, 0.4) is 0 Å². The number of hydrogen-bond acceptors (Lipinski definition) is 8. The number of methoxy groups -OCH3 is 2. The molecule has 0 radical (unpaired) electrons. The van der Waals surface area contributed by atoms with Crippen LogP contribution in [0.1, 0.15) is 0 Å². The molecule has 11 heteroatoms. The molecule has 0 bridgehead atoms. The van der Waals surface area contributed by atoms with Crippen LogP contribution in [0.15, 0.2) is 28.4 Å². The van der Waals surface area contributed by atoms with Gasteiger partial charge in [0.25, 0.3) is 5.56 Å². The van der Waals surface area contributed by atoms with Crippen LogP contribution in [0, 0.1) is 0 Å². The van der Waals surface area contributed by atoms with E-state index in [1.54, 1.807) is 25.3 Å². The smallest absolute Gasteiger partial charge is 0.322 e. The molecule has 1 aromatic rings. The van der Waals surface area contributed by atoms with Crippen LogP contribution >= 0.6 is 20.7 Å². The summed E-state index contributed by atoms with van der Waals surface area (Å²) in [5.74, 6) is 1.04. The van der Waals surface area contributed by atoms with E-state index in [4.69, 9.17) is 19.7 Å². The van der Waals surface area contributed by atoms with E-state index < -0.39 is 11.6 Å². The van der Waals surface area contributed by atoms with Crippen molar-refractivity contribution in [3.05, 3.63) is 33.9 Å². The van der Waals surface area contributed by atoms with Crippen molar-refractivity contribution in [1.82, 2.24) is 9.47 Å². The Morgan fingerprint density at radius 2 is 1.93 bits per heavy atom. The van der Waals surface area contributed by atoms with Crippen LogP contribution in [0.4, 0.5) is 10.5 Å². The van der Waals surface area contributed by atoms with Crippen LogP contribution in [0.2, 0.25) is 0 Å². The molecule has 0 saturated heterocycles. The number of anilines is 1. The van der Waals surface area contributed by atoms with Crippen LogP contribution in [-0.2, 0) is 0 Å². The van der Waals surface area contributed by atoms with Crippen molar-refractivity contribution < 1.29 is 24.5 Å². The second kappa shape index (κ2) is 9.27. The van der Waals surface area contributed by atoms with Crippen molar-refractivity contribution in [1.29, 1.82) is 0 Å². The molecule has 3 rings (SSSR count). The largest absolute Gasteiger partial charge is 0.497 e. The summed E-state index contributed by atoms with van der Waals surface area (Å²) < 4.78 is 12.1. The number of urea groups is 1. The van der Waals surface area contributed by atoms with Gasteiger partial charge in [0.1, 0.15) is 17.2 Å². The Hall–Kier alpha value is -2.60. The number of aliphatic hydroxyl groups is 2. The van der Waals surface area contributed by atoms with Gasteiger partial charge in [0.2, 0.25) is 0 Å². The first-order valence-corrected chi connectivity index (χ1v) is 10.9. The van der Waals surface area contributed by atoms with E-state index in [-0.39, 0.29) is 32.0 Å². The zero-order valence-corrected chi connectivity index (χ0v) is 17.5. The van der Waals surface area contributed by atoms with Gasteiger partial charge in [-0.1, -0.05) is 20.7 Å². The van der Waals surface area contributed by atoms with Gasteiger partial charge in [-0.25, -0.2) is 4.79 Å². The van der Waals surface area contributed by atoms with E-state index in [9.17, 15) is 9.59 Å². The lowest BCUT2D eigenvalue weighted by Gasteiger charge is -2.20. The topological polar surface area (TPSA) is 113 Å². The Morgan fingerprint density at radius 3 is 2.55 bits per heavy atom. The molecule has 29 heavy (non-hydrogen) atoms. The maximum absolute atomic E-state index is 13.2. The number of nitrogens with one attached hydrogen (secondary N) is 1. The number of hydrogen-bond donors (Lipinski definition) is 3. The van der Waals surface area contributed by atoms with Crippen molar-refractivity contribution in [2.24, 2.45) is 0 Å². The molecule has 0 fully saturated rings. The third-order valence-electron chi connectivity index (χ3n) is 4.30. The Morgan fingerprint density at radius 1 is 1.21 bits per heavy atom. The third kappa shape index (κ3) is 4.08. The highest BCUT2D eigenvalue weighted by atomic mass is 32.9. The summed E-state index contributed by atoms with van der Waals surface area (Å²) in [6.07, 6.45) is 0. The van der Waals surface area contributed by atoms with Crippen molar-refractivity contribution >= 4 is 32.4 Å². The summed E-state index contributed by atoms with van der Waals surface area (Å²) in [6, 6.07) is 4.56. The zero-order valence-electron chi connectivity index (χ0n) is 15.9. The Bertz CT molecular complexity index is 1010. The van der Waals surface area contributed by atoms with Gasteiger partial charge >= 0.3 is 6.03 Å². The Labute approximate surface area is 174 Å². The van der Waals surface area contributed by atoms with Crippen molar-refractivity contribution in [2.75, 3.05) is 45.8 Å². The maximum Gasteiger partial charge on any atom is 0.322 e. The van der Waals surface area contributed by atoms with Gasteiger partial charge in [0.05, 0.1) is 43.7 Å². The average Bonchev–Trinajstić information content (AvgIpc) is 3.29. The second-order valence-corrected chi connectivity index (χ2v) is 8.01. The van der Waals surface area contributed by atoms with E-state index in [2.05, 4.69) is 5.32 Å². The molecule has 2 amide bonds. The lowest BCUT2D eigenvalue weighted by atomic mass is 10.2. The fourth-order valence-electron chi connectivity index (χ4n) is 2.92. The molecule has 0 aromatic heterocycles. The summed E-state index contributed by atoms with van der Waals surface area (Å²) >= 11 is 0. The standard InChI is InChI=1S/C18H21N3O6S2/c1-26-11-3-4-12(14(9-11)27-2)21-13-10-28-29-16(13)15(17(21)24)19-18(25)20(5-7-22)6-8-23/h3-4,9-10,22-23H,5-8H2,1-2H3,(H,19,25). The molecule has 2 aliphatic heterocycles. The summed E-state index contributed by atoms with van der Waals surface area (Å²) in [4.78, 5) is 27.7. The van der Waals surface area contributed by atoms with E-state index in [0.717, 1.165) is 0 Å². The summed E-state index contributed by atoms with van der Waals surface area (Å²) in [7, 11) is 5.85. The number of nitrogens with zero attached hydrogens (tertiary/aromatic N) is 2. The van der Waals surface area contributed by atoms with Gasteiger partial charge < -0.3 is 29.9 Å². The number of aliphatic hydroxyl groups excluding tert-OH is 2. The van der Waals surface area contributed by atoms with Gasteiger partial charge in [-0.15, -0.1) is 0 Å². The SMILES string of the molecule is COc1ccc(-n2c3cssc-3c(NC(=O)N(CCO)CCO)c2=O)c(OC)c1. The van der Waals surface area contributed by atoms with E-state index in [1.807, 2.05) is 5.38 Å². The molecule has 9 nitrogen and oxygen atoms in total. The normalized spacial score (nSPS) is 10.9. The van der Waals surface area contributed by atoms with E-state index >= 15 is 0 Å². The fraction of sp³-hybridized carbons (Fsp3) is 0.333. The number of carbonyl (C=O) groups excluding carboxylic acids is 1. The highest BCUT2D eigenvalue weighted by Gasteiger charge is 2.27. The van der Waals surface area contributed by atoms with Crippen LogP contribution in [0.5, 0.6) is 11.5 Å². The summed E-state index contributed by atoms with van der Waals surface area (Å²) in [6.45, 7) is -0.413. The first kappa shape index (κ1) is 21.1. The number of benzene rings is 1. The highest BCUT2D eigenvalue weighted by molar-refractivity contribution is 7.70. The molecule has 0 spiro atoms. The quantitative estimate of drug-likeness (QED) is 0.462.